The number of rotatable bonds is 4. The van der Waals surface area contributed by atoms with E-state index >= 15 is 0 Å². The van der Waals surface area contributed by atoms with Crippen LogP contribution in [0.25, 0.3) is 0 Å². The standard InChI is InChI=1S/C22H22ClN3OS/c1-15-21(28-14-24-15)22(27)26-11-5-7-17(13-26)20-10-4-8-18(25-20)12-16-6-2-3-9-19(16)23/h2-4,6,8-10,14,17H,5,7,11-13H2,1H3. The Kier molecular flexibility index (Phi) is 5.74. The number of hydrogen-bond donors (Lipinski definition) is 0. The summed E-state index contributed by atoms with van der Waals surface area (Å²) in [6, 6.07) is 14.1. The van der Waals surface area contributed by atoms with Crippen molar-refractivity contribution in [3.63, 3.8) is 0 Å². The number of aromatic nitrogens is 2. The molecule has 2 aromatic heterocycles. The second kappa shape index (κ2) is 8.41. The minimum atomic E-state index is 0.0944. The van der Waals surface area contributed by atoms with Gasteiger partial charge in [-0.3, -0.25) is 9.78 Å². The molecular formula is C22H22ClN3OS. The van der Waals surface area contributed by atoms with Gasteiger partial charge in [-0.25, -0.2) is 4.98 Å². The summed E-state index contributed by atoms with van der Waals surface area (Å²) in [6.07, 6.45) is 2.75. The lowest BCUT2D eigenvalue weighted by atomic mass is 9.93. The zero-order valence-corrected chi connectivity index (χ0v) is 17.3. The Hall–Kier alpha value is -2.24. The number of amides is 1. The summed E-state index contributed by atoms with van der Waals surface area (Å²) in [5, 5.41) is 0.768. The topological polar surface area (TPSA) is 46.1 Å². The van der Waals surface area contributed by atoms with Gasteiger partial charge in [-0.1, -0.05) is 35.9 Å². The summed E-state index contributed by atoms with van der Waals surface area (Å²) in [7, 11) is 0. The van der Waals surface area contributed by atoms with Crippen LogP contribution in [-0.4, -0.2) is 33.9 Å². The summed E-state index contributed by atoms with van der Waals surface area (Å²) >= 11 is 7.73. The van der Waals surface area contributed by atoms with Crippen LogP contribution in [0.15, 0.2) is 48.0 Å². The first-order chi connectivity index (χ1) is 13.6. The van der Waals surface area contributed by atoms with Gasteiger partial charge in [-0.15, -0.1) is 11.3 Å². The largest absolute Gasteiger partial charge is 0.337 e. The summed E-state index contributed by atoms with van der Waals surface area (Å²) in [5.74, 6) is 0.356. The molecule has 28 heavy (non-hydrogen) atoms. The summed E-state index contributed by atoms with van der Waals surface area (Å²) in [4.78, 5) is 24.7. The van der Waals surface area contributed by atoms with Crippen LogP contribution >= 0.6 is 22.9 Å². The highest BCUT2D eigenvalue weighted by molar-refractivity contribution is 7.11. The monoisotopic (exact) mass is 411 g/mol. The molecule has 1 aromatic carbocycles. The van der Waals surface area contributed by atoms with Gasteiger partial charge in [0.05, 0.1) is 11.2 Å². The van der Waals surface area contributed by atoms with Gasteiger partial charge in [0.15, 0.2) is 0 Å². The van der Waals surface area contributed by atoms with Crippen LogP contribution in [0.4, 0.5) is 0 Å². The van der Waals surface area contributed by atoms with Crippen LogP contribution in [-0.2, 0) is 6.42 Å². The Bertz CT molecular complexity index is 987. The predicted molar refractivity (Wildman–Crippen MR) is 113 cm³/mol. The Balaban J connectivity index is 1.50. The smallest absolute Gasteiger partial charge is 0.265 e. The fourth-order valence-corrected chi connectivity index (χ4v) is 4.69. The molecule has 1 unspecified atom stereocenters. The third-order valence-electron chi connectivity index (χ3n) is 5.22. The van der Waals surface area contributed by atoms with Crippen molar-refractivity contribution in [2.75, 3.05) is 13.1 Å². The van der Waals surface area contributed by atoms with E-state index in [1.165, 1.54) is 11.3 Å². The molecule has 0 spiro atoms. The molecule has 1 atom stereocenters. The molecule has 3 aromatic rings. The summed E-state index contributed by atoms with van der Waals surface area (Å²) < 4.78 is 0. The van der Waals surface area contributed by atoms with Gasteiger partial charge < -0.3 is 4.90 Å². The van der Waals surface area contributed by atoms with E-state index in [1.54, 1.807) is 5.51 Å². The molecular weight excluding hydrogens is 390 g/mol. The molecule has 0 aliphatic carbocycles. The molecule has 0 radical (unpaired) electrons. The number of piperidine rings is 1. The first-order valence-electron chi connectivity index (χ1n) is 9.50. The maximum Gasteiger partial charge on any atom is 0.265 e. The van der Waals surface area contributed by atoms with Crippen LogP contribution in [0.2, 0.25) is 5.02 Å². The van der Waals surface area contributed by atoms with Gasteiger partial charge in [0.25, 0.3) is 5.91 Å². The maximum absolute atomic E-state index is 12.9. The van der Waals surface area contributed by atoms with Crippen LogP contribution in [0, 0.1) is 6.92 Å². The number of aryl methyl sites for hydroxylation is 1. The predicted octanol–water partition coefficient (Wildman–Crippen LogP) is 5.11. The molecule has 3 heterocycles. The Morgan fingerprint density at radius 1 is 1.25 bits per heavy atom. The van der Waals surface area contributed by atoms with Gasteiger partial charge >= 0.3 is 0 Å². The molecule has 6 heteroatoms. The van der Waals surface area contributed by atoms with Crippen LogP contribution in [0.1, 0.15) is 51.1 Å². The second-order valence-electron chi connectivity index (χ2n) is 7.18. The van der Waals surface area contributed by atoms with E-state index in [0.29, 0.717) is 13.0 Å². The number of likely N-dealkylation sites (tertiary alicyclic amines) is 1. The number of benzene rings is 1. The molecule has 1 fully saturated rings. The van der Waals surface area contributed by atoms with Crippen molar-refractivity contribution >= 4 is 28.8 Å². The van der Waals surface area contributed by atoms with Crippen molar-refractivity contribution < 1.29 is 4.79 Å². The third-order valence-corrected chi connectivity index (χ3v) is 6.51. The van der Waals surface area contributed by atoms with Crippen LogP contribution in [0.5, 0.6) is 0 Å². The number of carbonyl (C=O) groups excluding carboxylic acids is 1. The minimum absolute atomic E-state index is 0.0944. The lowest BCUT2D eigenvalue weighted by Gasteiger charge is -2.32. The highest BCUT2D eigenvalue weighted by Crippen LogP contribution is 2.28. The number of nitrogens with zero attached hydrogens (tertiary/aromatic N) is 3. The quantitative estimate of drug-likeness (QED) is 0.599. The van der Waals surface area contributed by atoms with Crippen molar-refractivity contribution in [3.05, 3.63) is 80.5 Å². The molecule has 0 bridgehead atoms. The van der Waals surface area contributed by atoms with Gasteiger partial charge in [0, 0.05) is 41.8 Å². The minimum Gasteiger partial charge on any atom is -0.337 e. The molecule has 1 saturated heterocycles. The van der Waals surface area contributed by atoms with Crippen molar-refractivity contribution in [1.29, 1.82) is 0 Å². The van der Waals surface area contributed by atoms with E-state index in [2.05, 4.69) is 17.1 Å². The molecule has 1 amide bonds. The molecule has 4 rings (SSSR count). The van der Waals surface area contributed by atoms with E-state index < -0.39 is 0 Å². The van der Waals surface area contributed by atoms with E-state index in [9.17, 15) is 4.79 Å². The van der Waals surface area contributed by atoms with E-state index in [-0.39, 0.29) is 11.8 Å². The van der Waals surface area contributed by atoms with Gasteiger partial charge in [0.1, 0.15) is 4.88 Å². The first-order valence-corrected chi connectivity index (χ1v) is 10.8. The fourth-order valence-electron chi connectivity index (χ4n) is 3.71. The lowest BCUT2D eigenvalue weighted by molar-refractivity contribution is 0.0710. The molecule has 1 aliphatic heterocycles. The maximum atomic E-state index is 12.9. The highest BCUT2D eigenvalue weighted by atomic mass is 35.5. The number of carbonyl (C=O) groups is 1. The zero-order chi connectivity index (χ0) is 19.5. The average molecular weight is 412 g/mol. The van der Waals surface area contributed by atoms with Crippen molar-refractivity contribution in [1.82, 2.24) is 14.9 Å². The normalized spacial score (nSPS) is 16.9. The van der Waals surface area contributed by atoms with Gasteiger partial charge in [-0.05, 0) is 43.5 Å². The molecule has 0 saturated carbocycles. The first kappa shape index (κ1) is 19.1. The van der Waals surface area contributed by atoms with Crippen LogP contribution in [0.3, 0.4) is 0 Å². The van der Waals surface area contributed by atoms with Crippen molar-refractivity contribution in [2.24, 2.45) is 0 Å². The lowest BCUT2D eigenvalue weighted by Crippen LogP contribution is -2.39. The average Bonchev–Trinajstić information content (AvgIpc) is 3.15. The zero-order valence-electron chi connectivity index (χ0n) is 15.8. The number of pyridine rings is 1. The van der Waals surface area contributed by atoms with E-state index in [4.69, 9.17) is 16.6 Å². The molecule has 4 nitrogen and oxygen atoms in total. The summed E-state index contributed by atoms with van der Waals surface area (Å²) in [5.41, 5.74) is 5.70. The van der Waals surface area contributed by atoms with Gasteiger partial charge in [0.2, 0.25) is 0 Å². The number of halogens is 1. The Labute approximate surface area is 174 Å². The SMILES string of the molecule is Cc1ncsc1C(=O)N1CCCC(c2cccc(Cc3ccccc3Cl)n2)C1. The van der Waals surface area contributed by atoms with Gasteiger partial charge in [-0.2, -0.15) is 0 Å². The Morgan fingerprint density at radius 3 is 2.89 bits per heavy atom. The molecule has 0 N–H and O–H groups in total. The Morgan fingerprint density at radius 2 is 2.11 bits per heavy atom. The molecule has 144 valence electrons. The summed E-state index contributed by atoms with van der Waals surface area (Å²) in [6.45, 7) is 3.40. The van der Waals surface area contributed by atoms with Crippen LogP contribution < -0.4 is 0 Å². The van der Waals surface area contributed by atoms with E-state index in [0.717, 1.165) is 51.9 Å². The number of thiazole rings is 1. The molecule has 1 aliphatic rings. The second-order valence-corrected chi connectivity index (χ2v) is 8.44. The third kappa shape index (κ3) is 4.10. The fraction of sp³-hybridized carbons (Fsp3) is 0.318. The highest BCUT2D eigenvalue weighted by Gasteiger charge is 2.28. The van der Waals surface area contributed by atoms with Crippen molar-refractivity contribution in [2.45, 2.75) is 32.1 Å². The van der Waals surface area contributed by atoms with E-state index in [1.807, 2.05) is 42.2 Å². The van der Waals surface area contributed by atoms with Crippen molar-refractivity contribution in [3.8, 4) is 0 Å². The number of hydrogen-bond acceptors (Lipinski definition) is 4.